The second-order valence-electron chi connectivity index (χ2n) is 6.08. The van der Waals surface area contributed by atoms with E-state index in [4.69, 9.17) is 9.84 Å². The monoisotopic (exact) mass is 291 g/mol. The van der Waals surface area contributed by atoms with Crippen molar-refractivity contribution in [1.82, 2.24) is 4.90 Å². The molecule has 1 heterocycles. The van der Waals surface area contributed by atoms with Crippen molar-refractivity contribution >= 4 is 5.97 Å². The third-order valence-corrected chi connectivity index (χ3v) is 4.21. The Labute approximate surface area is 126 Å². The lowest BCUT2D eigenvalue weighted by molar-refractivity contribution is -0.142. The Bertz CT molecular complexity index is 469. The van der Waals surface area contributed by atoms with Crippen LogP contribution in [0.15, 0.2) is 24.3 Å². The van der Waals surface area contributed by atoms with Crippen molar-refractivity contribution in [1.29, 1.82) is 0 Å². The number of hydrogen-bond donors (Lipinski definition) is 1. The van der Waals surface area contributed by atoms with Crippen molar-refractivity contribution in [3.05, 3.63) is 35.4 Å². The molecule has 4 nitrogen and oxygen atoms in total. The molecule has 0 aromatic heterocycles. The first-order chi connectivity index (χ1) is 9.97. The van der Waals surface area contributed by atoms with E-state index in [-0.39, 0.29) is 18.6 Å². The standard InChI is InChI=1S/C17H25NO3/c1-12(2)14-4-6-15(7-5-14)13(3)18-8-9-21-16(11-18)10-17(19)20/h4-7,12-13,16H,8-11H2,1-3H3,(H,19,20). The van der Waals surface area contributed by atoms with Gasteiger partial charge in [0, 0.05) is 19.1 Å². The molecule has 4 heteroatoms. The molecule has 0 spiro atoms. The Balaban J connectivity index is 2.01. The smallest absolute Gasteiger partial charge is 0.306 e. The maximum Gasteiger partial charge on any atom is 0.306 e. The summed E-state index contributed by atoms with van der Waals surface area (Å²) >= 11 is 0. The van der Waals surface area contributed by atoms with E-state index in [9.17, 15) is 4.79 Å². The molecular weight excluding hydrogens is 266 g/mol. The zero-order chi connectivity index (χ0) is 15.4. The first-order valence-electron chi connectivity index (χ1n) is 7.64. The van der Waals surface area contributed by atoms with Crippen molar-refractivity contribution < 1.29 is 14.6 Å². The lowest BCUT2D eigenvalue weighted by Crippen LogP contribution is -2.44. The molecule has 1 aliphatic heterocycles. The highest BCUT2D eigenvalue weighted by molar-refractivity contribution is 5.67. The molecule has 1 fully saturated rings. The van der Waals surface area contributed by atoms with Gasteiger partial charge in [-0.2, -0.15) is 0 Å². The van der Waals surface area contributed by atoms with Gasteiger partial charge >= 0.3 is 5.97 Å². The Morgan fingerprint density at radius 1 is 1.29 bits per heavy atom. The third-order valence-electron chi connectivity index (χ3n) is 4.21. The van der Waals surface area contributed by atoms with Crippen molar-refractivity contribution in [3.8, 4) is 0 Å². The van der Waals surface area contributed by atoms with Gasteiger partial charge < -0.3 is 9.84 Å². The molecule has 1 aromatic rings. The summed E-state index contributed by atoms with van der Waals surface area (Å²) in [4.78, 5) is 13.1. The highest BCUT2D eigenvalue weighted by Gasteiger charge is 2.26. The van der Waals surface area contributed by atoms with Crippen molar-refractivity contribution in [2.75, 3.05) is 19.7 Å². The normalized spacial score (nSPS) is 21.4. The van der Waals surface area contributed by atoms with Crippen LogP contribution in [0, 0.1) is 0 Å². The van der Waals surface area contributed by atoms with E-state index in [1.165, 1.54) is 11.1 Å². The Kier molecular flexibility index (Phi) is 5.37. The molecule has 1 N–H and O–H groups in total. The number of carbonyl (C=O) groups is 1. The van der Waals surface area contributed by atoms with Gasteiger partial charge in [0.05, 0.1) is 19.1 Å². The number of hydrogen-bond acceptors (Lipinski definition) is 3. The van der Waals surface area contributed by atoms with Crippen molar-refractivity contribution in [3.63, 3.8) is 0 Å². The molecule has 0 radical (unpaired) electrons. The number of morpholine rings is 1. The molecular formula is C17H25NO3. The van der Waals surface area contributed by atoms with E-state index < -0.39 is 5.97 Å². The molecule has 21 heavy (non-hydrogen) atoms. The Morgan fingerprint density at radius 2 is 1.90 bits per heavy atom. The summed E-state index contributed by atoms with van der Waals surface area (Å²) in [5.74, 6) is -0.256. The molecule has 0 saturated carbocycles. The molecule has 1 saturated heterocycles. The van der Waals surface area contributed by atoms with Crippen LogP contribution in [0.4, 0.5) is 0 Å². The van der Waals surface area contributed by atoms with Gasteiger partial charge in [0.2, 0.25) is 0 Å². The molecule has 2 rings (SSSR count). The topological polar surface area (TPSA) is 49.8 Å². The predicted octanol–water partition coefficient (Wildman–Crippen LogP) is 3.05. The van der Waals surface area contributed by atoms with Crippen LogP contribution in [0.25, 0.3) is 0 Å². The van der Waals surface area contributed by atoms with Gasteiger partial charge in [-0.25, -0.2) is 0 Å². The lowest BCUT2D eigenvalue weighted by atomic mass is 9.98. The number of nitrogens with zero attached hydrogens (tertiary/aromatic N) is 1. The van der Waals surface area contributed by atoms with Gasteiger partial charge in [-0.3, -0.25) is 9.69 Å². The molecule has 2 unspecified atom stereocenters. The summed E-state index contributed by atoms with van der Waals surface area (Å²) in [5.41, 5.74) is 2.62. The second-order valence-corrected chi connectivity index (χ2v) is 6.08. The van der Waals surface area contributed by atoms with E-state index in [0.29, 0.717) is 19.1 Å². The second kappa shape index (κ2) is 7.05. The first kappa shape index (κ1) is 16.0. The summed E-state index contributed by atoms with van der Waals surface area (Å²) in [6.45, 7) is 8.69. The van der Waals surface area contributed by atoms with Crippen LogP contribution < -0.4 is 0 Å². The maximum atomic E-state index is 10.8. The fourth-order valence-corrected chi connectivity index (χ4v) is 2.78. The summed E-state index contributed by atoms with van der Waals surface area (Å²) in [6, 6.07) is 9.02. The van der Waals surface area contributed by atoms with Crippen LogP contribution in [0.5, 0.6) is 0 Å². The molecule has 0 amide bonds. The minimum atomic E-state index is -0.796. The zero-order valence-electron chi connectivity index (χ0n) is 13.1. The molecule has 0 bridgehead atoms. The number of benzene rings is 1. The van der Waals surface area contributed by atoms with Crippen LogP contribution in [0.3, 0.4) is 0 Å². The number of aliphatic carboxylic acids is 1. The molecule has 1 aliphatic rings. The average Bonchev–Trinajstić information content (AvgIpc) is 2.46. The largest absolute Gasteiger partial charge is 0.481 e. The number of carboxylic acid groups (broad SMARTS) is 1. The van der Waals surface area contributed by atoms with Crippen LogP contribution in [-0.2, 0) is 9.53 Å². The van der Waals surface area contributed by atoms with E-state index >= 15 is 0 Å². The SMILES string of the molecule is CC(C)c1ccc(C(C)N2CCOC(CC(=O)O)C2)cc1. The van der Waals surface area contributed by atoms with Gasteiger partial charge in [-0.1, -0.05) is 38.1 Å². The number of ether oxygens (including phenoxy) is 1. The fourth-order valence-electron chi connectivity index (χ4n) is 2.78. The number of carboxylic acids is 1. The third kappa shape index (κ3) is 4.29. The summed E-state index contributed by atoms with van der Waals surface area (Å²) in [6.07, 6.45) is -0.121. The minimum absolute atomic E-state index is 0.0789. The van der Waals surface area contributed by atoms with E-state index in [1.54, 1.807) is 0 Å². The van der Waals surface area contributed by atoms with Crippen LogP contribution >= 0.6 is 0 Å². The summed E-state index contributed by atoms with van der Waals surface area (Å²) in [5, 5.41) is 8.89. The first-order valence-corrected chi connectivity index (χ1v) is 7.64. The minimum Gasteiger partial charge on any atom is -0.481 e. The average molecular weight is 291 g/mol. The summed E-state index contributed by atoms with van der Waals surface area (Å²) < 4.78 is 5.53. The van der Waals surface area contributed by atoms with E-state index in [0.717, 1.165) is 6.54 Å². The Morgan fingerprint density at radius 3 is 2.48 bits per heavy atom. The van der Waals surface area contributed by atoms with Gasteiger partial charge in [-0.05, 0) is 24.0 Å². The van der Waals surface area contributed by atoms with Gasteiger partial charge in [0.15, 0.2) is 0 Å². The maximum absolute atomic E-state index is 10.8. The van der Waals surface area contributed by atoms with Crippen LogP contribution in [-0.4, -0.2) is 41.8 Å². The van der Waals surface area contributed by atoms with Crippen molar-refractivity contribution in [2.24, 2.45) is 0 Å². The lowest BCUT2D eigenvalue weighted by Gasteiger charge is -2.36. The predicted molar refractivity (Wildman–Crippen MR) is 82.5 cm³/mol. The fraction of sp³-hybridized carbons (Fsp3) is 0.588. The van der Waals surface area contributed by atoms with Crippen LogP contribution in [0.2, 0.25) is 0 Å². The molecule has 2 atom stereocenters. The molecule has 116 valence electrons. The number of rotatable bonds is 5. The quantitative estimate of drug-likeness (QED) is 0.906. The highest BCUT2D eigenvalue weighted by atomic mass is 16.5. The zero-order valence-corrected chi connectivity index (χ0v) is 13.1. The van der Waals surface area contributed by atoms with Gasteiger partial charge in [0.1, 0.15) is 0 Å². The van der Waals surface area contributed by atoms with Crippen LogP contribution in [0.1, 0.15) is 50.3 Å². The van der Waals surface area contributed by atoms with Gasteiger partial charge in [-0.15, -0.1) is 0 Å². The highest BCUT2D eigenvalue weighted by Crippen LogP contribution is 2.25. The molecule has 1 aromatic carbocycles. The van der Waals surface area contributed by atoms with Gasteiger partial charge in [0.25, 0.3) is 0 Å². The molecule has 0 aliphatic carbocycles. The van der Waals surface area contributed by atoms with E-state index in [2.05, 4.69) is 49.9 Å². The van der Waals surface area contributed by atoms with E-state index in [1.807, 2.05) is 0 Å². The Hall–Kier alpha value is -1.39. The summed E-state index contributed by atoms with van der Waals surface area (Å²) in [7, 11) is 0. The van der Waals surface area contributed by atoms with Crippen molar-refractivity contribution in [2.45, 2.75) is 45.3 Å².